The van der Waals surface area contributed by atoms with E-state index in [1.54, 1.807) is 37.5 Å². The van der Waals surface area contributed by atoms with Crippen molar-refractivity contribution in [1.29, 1.82) is 0 Å². The predicted molar refractivity (Wildman–Crippen MR) is 106 cm³/mol. The van der Waals surface area contributed by atoms with E-state index < -0.39 is 17.2 Å². The van der Waals surface area contributed by atoms with Gasteiger partial charge in [-0.1, -0.05) is 31.0 Å². The Morgan fingerprint density at radius 1 is 1.22 bits per heavy atom. The molecule has 0 saturated heterocycles. The Morgan fingerprint density at radius 2 is 1.96 bits per heavy atom. The second-order valence-corrected chi connectivity index (χ2v) is 6.71. The Hall–Kier alpha value is -2.93. The maximum Gasteiger partial charge on any atom is 0.332 e. The molecule has 0 aliphatic carbocycles. The van der Waals surface area contributed by atoms with E-state index in [-0.39, 0.29) is 11.0 Å². The van der Waals surface area contributed by atoms with Crippen molar-refractivity contribution in [3.05, 3.63) is 67.4 Å². The highest BCUT2D eigenvalue weighted by Crippen LogP contribution is 2.25. The first kappa shape index (κ1) is 18.8. The lowest BCUT2D eigenvalue weighted by atomic mass is 10.1. The number of hydrogen-bond donors (Lipinski definition) is 1. The van der Waals surface area contributed by atoms with Crippen LogP contribution < -0.4 is 16.6 Å². The summed E-state index contributed by atoms with van der Waals surface area (Å²) in [5, 5.41) is 3.48. The van der Waals surface area contributed by atoms with Gasteiger partial charge in [0.25, 0.3) is 11.5 Å². The van der Waals surface area contributed by atoms with Gasteiger partial charge in [0.2, 0.25) is 0 Å². The van der Waals surface area contributed by atoms with Crippen molar-refractivity contribution in [1.82, 2.24) is 14.1 Å². The molecule has 0 unspecified atom stereocenters. The Kier molecular flexibility index (Phi) is 5.14. The highest BCUT2D eigenvalue weighted by Gasteiger charge is 2.19. The van der Waals surface area contributed by atoms with Crippen LogP contribution >= 0.6 is 11.6 Å². The number of amides is 1. The van der Waals surface area contributed by atoms with E-state index in [2.05, 4.69) is 10.3 Å². The third kappa shape index (κ3) is 3.38. The lowest BCUT2D eigenvalue weighted by Crippen LogP contribution is -2.38. The molecule has 0 aliphatic heterocycles. The topological polar surface area (TPSA) is 86.0 Å². The average Bonchev–Trinajstić information content (AvgIpc) is 2.65. The molecule has 0 saturated carbocycles. The van der Waals surface area contributed by atoms with Gasteiger partial charge >= 0.3 is 5.69 Å². The van der Waals surface area contributed by atoms with Gasteiger partial charge in [0.15, 0.2) is 5.65 Å². The molecule has 27 heavy (non-hydrogen) atoms. The number of aromatic nitrogens is 3. The first-order chi connectivity index (χ1) is 12.8. The van der Waals surface area contributed by atoms with Gasteiger partial charge in [-0.05, 0) is 30.2 Å². The average molecular weight is 387 g/mol. The summed E-state index contributed by atoms with van der Waals surface area (Å²) in [5.74, 6) is -0.391. The number of halogens is 1. The van der Waals surface area contributed by atoms with Crippen LogP contribution in [0.1, 0.15) is 29.3 Å². The van der Waals surface area contributed by atoms with E-state index in [0.717, 1.165) is 16.6 Å². The Bertz CT molecular complexity index is 1160. The third-order valence-corrected chi connectivity index (χ3v) is 4.63. The summed E-state index contributed by atoms with van der Waals surface area (Å²) in [4.78, 5) is 42.0. The highest BCUT2D eigenvalue weighted by atomic mass is 35.5. The van der Waals surface area contributed by atoms with E-state index in [0.29, 0.717) is 22.7 Å². The number of aryl methyl sites for hydroxylation is 2. The molecule has 0 atom stereocenters. The lowest BCUT2D eigenvalue weighted by molar-refractivity contribution is 0.102. The van der Waals surface area contributed by atoms with E-state index in [1.165, 1.54) is 11.6 Å². The minimum Gasteiger partial charge on any atom is -0.321 e. The molecule has 2 aromatic heterocycles. The molecule has 0 radical (unpaired) electrons. The molecule has 0 bridgehead atoms. The van der Waals surface area contributed by atoms with Crippen molar-refractivity contribution in [2.24, 2.45) is 14.1 Å². The number of nitrogens with zero attached hydrogens (tertiary/aromatic N) is 3. The number of anilines is 1. The van der Waals surface area contributed by atoms with Crippen molar-refractivity contribution >= 4 is 34.2 Å². The number of benzene rings is 1. The van der Waals surface area contributed by atoms with Crippen LogP contribution in [0.25, 0.3) is 11.0 Å². The number of carbonyl (C=O) groups excluding carboxylic acids is 1. The van der Waals surface area contributed by atoms with Gasteiger partial charge < -0.3 is 5.32 Å². The quantitative estimate of drug-likeness (QED) is 0.746. The summed E-state index contributed by atoms with van der Waals surface area (Å²) in [5.41, 5.74) is 0.732. The van der Waals surface area contributed by atoms with Crippen LogP contribution in [-0.2, 0) is 20.5 Å². The van der Waals surface area contributed by atoms with Crippen molar-refractivity contribution < 1.29 is 4.79 Å². The van der Waals surface area contributed by atoms with Gasteiger partial charge in [0, 0.05) is 30.9 Å². The molecular formula is C19H19ClN4O3. The summed E-state index contributed by atoms with van der Waals surface area (Å²) >= 11 is 5.97. The van der Waals surface area contributed by atoms with Crippen LogP contribution in [0.2, 0.25) is 5.02 Å². The second-order valence-electron chi connectivity index (χ2n) is 6.28. The number of nitrogens with one attached hydrogen (secondary N) is 1. The maximum absolute atomic E-state index is 12.8. The predicted octanol–water partition coefficient (Wildman–Crippen LogP) is 2.49. The molecule has 0 spiro atoms. The summed E-state index contributed by atoms with van der Waals surface area (Å²) in [6.07, 6.45) is 3.03. The lowest BCUT2D eigenvalue weighted by Gasteiger charge is -2.15. The largest absolute Gasteiger partial charge is 0.332 e. The minimum atomic E-state index is -0.500. The normalized spacial score (nSPS) is 11.0. The van der Waals surface area contributed by atoms with Crippen LogP contribution in [0.4, 0.5) is 5.69 Å². The van der Waals surface area contributed by atoms with E-state index in [1.807, 2.05) is 6.92 Å². The Balaban J connectivity index is 2.26. The van der Waals surface area contributed by atoms with Gasteiger partial charge in [0.1, 0.15) is 5.39 Å². The van der Waals surface area contributed by atoms with Gasteiger partial charge in [0.05, 0.1) is 5.69 Å². The molecule has 0 fully saturated rings. The Labute approximate surface area is 160 Å². The molecule has 1 amide bonds. The zero-order valence-electron chi connectivity index (χ0n) is 15.2. The molecule has 0 aliphatic rings. The van der Waals surface area contributed by atoms with E-state index >= 15 is 0 Å². The second kappa shape index (κ2) is 7.36. The molecule has 3 aromatic rings. The fraction of sp³-hybridized carbons (Fsp3) is 0.263. The molecular weight excluding hydrogens is 368 g/mol. The number of hydrogen-bond acceptors (Lipinski definition) is 4. The summed E-state index contributed by atoms with van der Waals surface area (Å²) in [6.45, 7) is 1.99. The van der Waals surface area contributed by atoms with Gasteiger partial charge in [-0.25, -0.2) is 9.78 Å². The van der Waals surface area contributed by atoms with Crippen molar-refractivity contribution in [2.45, 2.75) is 19.8 Å². The monoisotopic (exact) mass is 386 g/mol. The standard InChI is InChI=1S/C19H19ClN4O3/c1-4-6-12-10-21-16-14(18(26)24(3)19(27)23(16)2)15(12)22-17(25)11-7-5-8-13(20)9-11/h5,7-10H,4,6H2,1-3H3,(H,21,22,25). The molecule has 2 heterocycles. The molecule has 1 aromatic carbocycles. The third-order valence-electron chi connectivity index (χ3n) is 4.39. The zero-order valence-corrected chi connectivity index (χ0v) is 16.0. The van der Waals surface area contributed by atoms with Crippen molar-refractivity contribution in [3.63, 3.8) is 0 Å². The van der Waals surface area contributed by atoms with Gasteiger partial charge in [-0.3, -0.25) is 18.7 Å². The highest BCUT2D eigenvalue weighted by molar-refractivity contribution is 6.31. The molecule has 8 heteroatoms. The van der Waals surface area contributed by atoms with Crippen LogP contribution in [-0.4, -0.2) is 20.0 Å². The van der Waals surface area contributed by atoms with Gasteiger partial charge in [-0.15, -0.1) is 0 Å². The van der Waals surface area contributed by atoms with Crippen LogP contribution in [0.3, 0.4) is 0 Å². The maximum atomic E-state index is 12.8. The number of carbonyl (C=O) groups is 1. The molecule has 3 rings (SSSR count). The fourth-order valence-electron chi connectivity index (χ4n) is 2.98. The SMILES string of the molecule is CCCc1cnc2c(c1NC(=O)c1cccc(Cl)c1)c(=O)n(C)c(=O)n2C. The zero-order chi connectivity index (χ0) is 19.7. The van der Waals surface area contributed by atoms with Crippen LogP contribution in [0.15, 0.2) is 40.1 Å². The number of fused-ring (bicyclic) bond motifs is 1. The summed E-state index contributed by atoms with van der Waals surface area (Å²) in [7, 11) is 2.94. The van der Waals surface area contributed by atoms with Crippen molar-refractivity contribution in [2.75, 3.05) is 5.32 Å². The first-order valence-corrected chi connectivity index (χ1v) is 8.87. The van der Waals surface area contributed by atoms with Crippen molar-refractivity contribution in [3.8, 4) is 0 Å². The van der Waals surface area contributed by atoms with Crippen LogP contribution in [0.5, 0.6) is 0 Å². The molecule has 1 N–H and O–H groups in total. The molecule has 140 valence electrons. The number of pyridine rings is 1. The van der Waals surface area contributed by atoms with E-state index in [9.17, 15) is 14.4 Å². The fourth-order valence-corrected chi connectivity index (χ4v) is 3.17. The Morgan fingerprint density at radius 3 is 2.63 bits per heavy atom. The van der Waals surface area contributed by atoms with Gasteiger partial charge in [-0.2, -0.15) is 0 Å². The van der Waals surface area contributed by atoms with E-state index in [4.69, 9.17) is 11.6 Å². The molecule has 7 nitrogen and oxygen atoms in total. The van der Waals surface area contributed by atoms with Crippen LogP contribution in [0, 0.1) is 0 Å². The first-order valence-electron chi connectivity index (χ1n) is 8.49. The summed E-state index contributed by atoms with van der Waals surface area (Å²) in [6, 6.07) is 6.54. The number of rotatable bonds is 4. The minimum absolute atomic E-state index is 0.209. The smallest absolute Gasteiger partial charge is 0.321 e. The summed E-state index contributed by atoms with van der Waals surface area (Å²) < 4.78 is 2.30.